The molecule has 1 aromatic carbocycles. The molecule has 2 saturated heterocycles. The maximum Gasteiger partial charge on any atom is 0.243 e. The monoisotopic (exact) mass is 422 g/mol. The van der Waals surface area contributed by atoms with Gasteiger partial charge in [-0.15, -0.1) is 0 Å². The number of carbonyl (C=O) groups is 2. The van der Waals surface area contributed by atoms with Crippen molar-refractivity contribution in [2.75, 3.05) is 24.5 Å². The summed E-state index contributed by atoms with van der Waals surface area (Å²) in [4.78, 5) is 29.4. The van der Waals surface area contributed by atoms with E-state index in [0.717, 1.165) is 18.9 Å². The fourth-order valence-electron chi connectivity index (χ4n) is 4.88. The Morgan fingerprint density at radius 2 is 2.03 bits per heavy atom. The van der Waals surface area contributed by atoms with E-state index in [1.807, 2.05) is 18.7 Å². The van der Waals surface area contributed by atoms with Crippen molar-refractivity contribution in [2.24, 2.45) is 11.8 Å². The van der Waals surface area contributed by atoms with Gasteiger partial charge >= 0.3 is 0 Å². The van der Waals surface area contributed by atoms with Crippen LogP contribution in [-0.2, 0) is 9.59 Å². The number of halogens is 2. The van der Waals surface area contributed by atoms with Gasteiger partial charge in [0.05, 0.1) is 0 Å². The number of piperazine rings is 1. The van der Waals surface area contributed by atoms with Crippen LogP contribution >= 0.6 is 0 Å². The number of carbonyl (C=O) groups excluding carboxylic acids is 2. The van der Waals surface area contributed by atoms with Crippen LogP contribution < -0.4 is 15.5 Å². The van der Waals surface area contributed by atoms with Crippen LogP contribution in [0.25, 0.3) is 0 Å². The Morgan fingerprint density at radius 3 is 2.60 bits per heavy atom. The summed E-state index contributed by atoms with van der Waals surface area (Å²) in [5.74, 6) is -2.31. The lowest BCUT2D eigenvalue weighted by molar-refractivity contribution is -0.137. The second-order valence-electron chi connectivity index (χ2n) is 8.80. The van der Waals surface area contributed by atoms with Crippen LogP contribution in [0.15, 0.2) is 18.2 Å². The van der Waals surface area contributed by atoms with E-state index < -0.39 is 29.4 Å². The number of anilines is 1. The first kappa shape index (κ1) is 21.0. The Morgan fingerprint density at radius 1 is 1.30 bits per heavy atom. The summed E-state index contributed by atoms with van der Waals surface area (Å²) in [6.45, 7) is 5.19. The van der Waals surface area contributed by atoms with Crippen molar-refractivity contribution in [3.63, 3.8) is 0 Å². The largest absolute Gasteiger partial charge is 0.365 e. The van der Waals surface area contributed by atoms with Crippen molar-refractivity contribution in [1.29, 1.82) is 0 Å². The Bertz CT molecular complexity index is 850. The second kappa shape index (κ2) is 7.77. The SMILES string of the molecule is C[C@@H](C[C@@]1(C2CC2)NC(O)NC1=O)C(=O)N1CCN(c2ccc(F)c(F)c2)[C@@H](C)C1. The van der Waals surface area contributed by atoms with Gasteiger partial charge in [0.1, 0.15) is 5.54 Å². The van der Waals surface area contributed by atoms with Crippen LogP contribution in [0.4, 0.5) is 14.5 Å². The highest BCUT2D eigenvalue weighted by Gasteiger charge is 2.56. The van der Waals surface area contributed by atoms with Crippen LogP contribution in [-0.4, -0.2) is 59.4 Å². The van der Waals surface area contributed by atoms with Crippen molar-refractivity contribution in [3.05, 3.63) is 29.8 Å². The first-order valence-corrected chi connectivity index (χ1v) is 10.5. The number of nitrogens with one attached hydrogen (secondary N) is 2. The summed E-state index contributed by atoms with van der Waals surface area (Å²) >= 11 is 0. The van der Waals surface area contributed by atoms with Gasteiger partial charge in [-0.2, -0.15) is 0 Å². The highest BCUT2D eigenvalue weighted by Crippen LogP contribution is 2.45. The van der Waals surface area contributed by atoms with E-state index in [2.05, 4.69) is 10.6 Å². The number of aliphatic hydroxyl groups excluding tert-OH is 1. The molecule has 0 bridgehead atoms. The van der Waals surface area contributed by atoms with Crippen molar-refractivity contribution in [1.82, 2.24) is 15.5 Å². The lowest BCUT2D eigenvalue weighted by Crippen LogP contribution is -2.56. The van der Waals surface area contributed by atoms with Gasteiger partial charge in [0, 0.05) is 43.3 Å². The van der Waals surface area contributed by atoms with Crippen molar-refractivity contribution >= 4 is 17.5 Å². The third-order valence-corrected chi connectivity index (χ3v) is 6.57. The standard InChI is InChI=1S/C21H28F2N4O3/c1-12(10-21(14-3-4-14)19(29)24-20(30)25-21)18(28)26-7-8-27(13(2)11-26)15-5-6-16(22)17(23)9-15/h5-6,9,12-14,20,25,30H,3-4,7-8,10-11H2,1-2H3,(H,24,29)/t12-,13-,20?,21-/m0/s1. The Balaban J connectivity index is 1.40. The molecule has 2 amide bonds. The summed E-state index contributed by atoms with van der Waals surface area (Å²) in [6.07, 6.45) is 1.05. The zero-order valence-corrected chi connectivity index (χ0v) is 17.2. The van der Waals surface area contributed by atoms with Gasteiger partial charge in [-0.1, -0.05) is 6.92 Å². The van der Waals surface area contributed by atoms with E-state index in [4.69, 9.17) is 0 Å². The van der Waals surface area contributed by atoms with Gasteiger partial charge in [-0.3, -0.25) is 14.9 Å². The minimum atomic E-state index is -1.08. The topological polar surface area (TPSA) is 84.9 Å². The number of rotatable bonds is 5. The summed E-state index contributed by atoms with van der Waals surface area (Å²) in [6, 6.07) is 3.78. The second-order valence-corrected chi connectivity index (χ2v) is 8.80. The molecule has 30 heavy (non-hydrogen) atoms. The van der Waals surface area contributed by atoms with E-state index >= 15 is 0 Å². The van der Waals surface area contributed by atoms with Crippen molar-refractivity contribution < 1.29 is 23.5 Å². The van der Waals surface area contributed by atoms with Crippen molar-refractivity contribution in [3.8, 4) is 0 Å². The molecule has 164 valence electrons. The van der Waals surface area contributed by atoms with Crippen molar-refractivity contribution in [2.45, 2.75) is 51.0 Å². The molecule has 1 unspecified atom stereocenters. The zero-order chi connectivity index (χ0) is 21.6. The van der Waals surface area contributed by atoms with Crippen LogP contribution in [0.2, 0.25) is 0 Å². The smallest absolute Gasteiger partial charge is 0.243 e. The fraction of sp³-hybridized carbons (Fsp3) is 0.619. The van der Waals surface area contributed by atoms with Gasteiger partial charge in [0.15, 0.2) is 18.0 Å². The number of amides is 2. The average molecular weight is 422 g/mol. The minimum Gasteiger partial charge on any atom is -0.365 e. The van der Waals surface area contributed by atoms with E-state index in [1.54, 1.807) is 11.0 Å². The molecule has 3 aliphatic rings. The van der Waals surface area contributed by atoms with Crippen LogP contribution in [0.5, 0.6) is 0 Å². The molecule has 9 heteroatoms. The number of aliphatic hydroxyl groups is 1. The molecular weight excluding hydrogens is 394 g/mol. The zero-order valence-electron chi connectivity index (χ0n) is 17.2. The fourth-order valence-corrected chi connectivity index (χ4v) is 4.88. The molecule has 0 radical (unpaired) electrons. The lowest BCUT2D eigenvalue weighted by Gasteiger charge is -2.42. The lowest BCUT2D eigenvalue weighted by atomic mass is 9.83. The summed E-state index contributed by atoms with van der Waals surface area (Å²) in [5.41, 5.74) is -0.303. The number of hydrogen-bond acceptors (Lipinski definition) is 5. The maximum absolute atomic E-state index is 13.6. The minimum absolute atomic E-state index is 0.0391. The van der Waals surface area contributed by atoms with Gasteiger partial charge in [0.25, 0.3) is 0 Å². The third kappa shape index (κ3) is 3.76. The Kier molecular flexibility index (Phi) is 5.44. The molecule has 2 heterocycles. The maximum atomic E-state index is 13.6. The molecule has 3 fully saturated rings. The normalized spacial score (nSPS) is 30.4. The molecular formula is C21H28F2N4O3. The molecule has 3 N–H and O–H groups in total. The molecule has 1 aromatic rings. The highest BCUT2D eigenvalue weighted by molar-refractivity contribution is 5.90. The molecule has 1 saturated carbocycles. The third-order valence-electron chi connectivity index (χ3n) is 6.57. The molecule has 0 spiro atoms. The van der Waals surface area contributed by atoms with E-state index in [0.29, 0.717) is 31.7 Å². The van der Waals surface area contributed by atoms with Gasteiger partial charge in [0.2, 0.25) is 11.8 Å². The molecule has 4 atom stereocenters. The molecule has 1 aliphatic carbocycles. The number of nitrogens with zero attached hydrogens (tertiary/aromatic N) is 2. The average Bonchev–Trinajstić information content (AvgIpc) is 3.50. The van der Waals surface area contributed by atoms with E-state index in [1.165, 1.54) is 6.07 Å². The number of hydrogen-bond donors (Lipinski definition) is 3. The summed E-state index contributed by atoms with van der Waals surface area (Å²) < 4.78 is 26.8. The summed E-state index contributed by atoms with van der Waals surface area (Å²) in [5, 5.41) is 15.3. The van der Waals surface area contributed by atoms with Crippen LogP contribution in [0, 0.1) is 23.5 Å². The summed E-state index contributed by atoms with van der Waals surface area (Å²) in [7, 11) is 0. The predicted molar refractivity (Wildman–Crippen MR) is 106 cm³/mol. The van der Waals surface area contributed by atoms with Gasteiger partial charge in [-0.25, -0.2) is 8.78 Å². The van der Waals surface area contributed by atoms with Gasteiger partial charge < -0.3 is 20.2 Å². The highest BCUT2D eigenvalue weighted by atomic mass is 19.2. The Hall–Kier alpha value is -2.26. The van der Waals surface area contributed by atoms with E-state index in [-0.39, 0.29) is 23.8 Å². The van der Waals surface area contributed by atoms with Crippen LogP contribution in [0.3, 0.4) is 0 Å². The first-order chi connectivity index (χ1) is 14.2. The van der Waals surface area contributed by atoms with Gasteiger partial charge in [-0.05, 0) is 44.2 Å². The quantitative estimate of drug-likeness (QED) is 0.664. The molecule has 4 rings (SSSR count). The molecule has 7 nitrogen and oxygen atoms in total. The Labute approximate surface area is 174 Å². The first-order valence-electron chi connectivity index (χ1n) is 10.5. The van der Waals surface area contributed by atoms with Crippen LogP contribution in [0.1, 0.15) is 33.1 Å². The van der Waals surface area contributed by atoms with E-state index in [9.17, 15) is 23.5 Å². The molecule has 2 aliphatic heterocycles. The number of benzene rings is 1. The molecule has 0 aromatic heterocycles. The predicted octanol–water partition coefficient (Wildman–Crippen LogP) is 1.17.